The van der Waals surface area contributed by atoms with Crippen molar-refractivity contribution < 1.29 is 38.7 Å². The number of carboxylic acids is 2. The molecular weight excluding hydrogens is 627 g/mol. The largest absolute Gasteiger partial charge is 0.481 e. The van der Waals surface area contributed by atoms with Crippen LogP contribution in [0, 0.1) is 5.92 Å². The van der Waals surface area contributed by atoms with Crippen LogP contribution in [0.25, 0.3) is 0 Å². The van der Waals surface area contributed by atoms with Gasteiger partial charge in [-0.25, -0.2) is 4.57 Å². The van der Waals surface area contributed by atoms with Crippen LogP contribution in [0.4, 0.5) is 0 Å². The van der Waals surface area contributed by atoms with Gasteiger partial charge in [0.25, 0.3) is 0 Å². The third kappa shape index (κ3) is 40.7. The van der Waals surface area contributed by atoms with Crippen molar-refractivity contribution in [2.45, 2.75) is 199 Å². The molecule has 0 spiro atoms. The Morgan fingerprint density at radius 3 is 1.02 bits per heavy atom. The maximum absolute atomic E-state index is 11.3. The second kappa shape index (κ2) is 35.4. The van der Waals surface area contributed by atoms with Crippen molar-refractivity contribution in [3.8, 4) is 0 Å². The van der Waals surface area contributed by atoms with Gasteiger partial charge >= 0.3 is 19.8 Å². The van der Waals surface area contributed by atoms with Crippen molar-refractivity contribution in [1.29, 1.82) is 0 Å². The van der Waals surface area contributed by atoms with Gasteiger partial charge in [-0.1, -0.05) is 133 Å². The fourth-order valence-electron chi connectivity index (χ4n) is 6.10. The molecule has 0 aliphatic heterocycles. The maximum atomic E-state index is 11.3. The molecule has 0 saturated carbocycles. The molecule has 0 aliphatic rings. The Bertz CT molecular complexity index is 838. The van der Waals surface area contributed by atoms with Crippen LogP contribution in [0.15, 0.2) is 24.3 Å². The SMILES string of the molecule is O=C(O)CCCCCCC/C=C\CCCCCCCCC[C@H](CCCCCCCC/C=C\CCCCCCCC(=O)O)COP(=O)(O)O. The highest BCUT2D eigenvalue weighted by Crippen LogP contribution is 2.37. The van der Waals surface area contributed by atoms with Crippen LogP contribution in [0.3, 0.4) is 0 Å². The molecule has 0 amide bonds. The van der Waals surface area contributed by atoms with Gasteiger partial charge in [0.1, 0.15) is 0 Å². The van der Waals surface area contributed by atoms with E-state index in [0.29, 0.717) is 12.8 Å². The number of phosphoric ester groups is 1. The van der Waals surface area contributed by atoms with Crippen LogP contribution in [-0.2, 0) is 18.7 Å². The van der Waals surface area contributed by atoms with Crippen LogP contribution in [0.1, 0.15) is 199 Å². The van der Waals surface area contributed by atoms with E-state index in [2.05, 4.69) is 24.3 Å². The molecule has 4 N–H and O–H groups in total. The van der Waals surface area contributed by atoms with Crippen molar-refractivity contribution in [2.75, 3.05) is 6.61 Å². The van der Waals surface area contributed by atoms with Crippen molar-refractivity contribution in [1.82, 2.24) is 0 Å². The molecule has 0 aromatic carbocycles. The minimum absolute atomic E-state index is 0.154. The lowest BCUT2D eigenvalue weighted by Crippen LogP contribution is -2.09. The number of allylic oxidation sites excluding steroid dienone is 4. The molecule has 8 nitrogen and oxygen atoms in total. The first-order valence-corrected chi connectivity index (χ1v) is 21.2. The van der Waals surface area contributed by atoms with Crippen molar-refractivity contribution in [3.05, 3.63) is 24.3 Å². The van der Waals surface area contributed by atoms with Gasteiger partial charge in [0.05, 0.1) is 6.61 Å². The average molecular weight is 701 g/mol. The molecule has 0 unspecified atom stereocenters. The Hall–Kier alpha value is -1.47. The number of unbranched alkanes of at least 4 members (excludes halogenated alkanes) is 23. The summed E-state index contributed by atoms with van der Waals surface area (Å²) in [5, 5.41) is 17.3. The molecule has 0 aromatic rings. The number of hydrogen-bond acceptors (Lipinski definition) is 4. The van der Waals surface area contributed by atoms with Gasteiger partial charge in [-0.15, -0.1) is 0 Å². The minimum Gasteiger partial charge on any atom is -0.481 e. The quantitative estimate of drug-likeness (QED) is 0.0283. The van der Waals surface area contributed by atoms with Gasteiger partial charge in [-0.2, -0.15) is 0 Å². The van der Waals surface area contributed by atoms with Crippen LogP contribution < -0.4 is 0 Å². The van der Waals surface area contributed by atoms with Crippen molar-refractivity contribution >= 4 is 19.8 Å². The molecule has 48 heavy (non-hydrogen) atoms. The summed E-state index contributed by atoms with van der Waals surface area (Å²) in [4.78, 5) is 39.4. The Kier molecular flexibility index (Phi) is 34.3. The second-order valence-electron chi connectivity index (χ2n) is 13.7. The molecule has 0 bridgehead atoms. The summed E-state index contributed by atoms with van der Waals surface area (Å²) in [7, 11) is -4.42. The highest BCUT2D eigenvalue weighted by molar-refractivity contribution is 7.46. The van der Waals surface area contributed by atoms with E-state index >= 15 is 0 Å². The number of rotatable bonds is 38. The zero-order valence-corrected chi connectivity index (χ0v) is 31.3. The second-order valence-corrected chi connectivity index (χ2v) is 15.0. The Morgan fingerprint density at radius 1 is 0.458 bits per heavy atom. The van der Waals surface area contributed by atoms with Gasteiger partial charge in [0.2, 0.25) is 0 Å². The molecule has 0 rings (SSSR count). The zero-order valence-electron chi connectivity index (χ0n) is 30.4. The standard InChI is InChI=1S/C39H73O8P/c40-38(41)34-30-26-22-18-14-10-6-2-1-4-8-12-16-20-24-28-32-37(36-47-48(44,45)46)33-29-25-21-17-13-9-5-3-7-11-15-19-23-27-31-35-39(42)43/h2-3,6-7,37H,1,4-5,8-36H2,(H,40,41)(H,42,43)(H2,44,45,46)/b6-2-,7-3-/t37-/m1/s1. The summed E-state index contributed by atoms with van der Waals surface area (Å²) in [5.74, 6) is -1.17. The van der Waals surface area contributed by atoms with E-state index in [4.69, 9.17) is 14.7 Å². The van der Waals surface area contributed by atoms with Gasteiger partial charge in [-0.05, 0) is 83.0 Å². The van der Waals surface area contributed by atoms with E-state index < -0.39 is 19.8 Å². The minimum atomic E-state index is -4.42. The molecule has 0 heterocycles. The number of hydrogen-bond donors (Lipinski definition) is 4. The summed E-state index contributed by atoms with van der Waals surface area (Å²) < 4.78 is 16.1. The molecule has 0 fully saturated rings. The van der Waals surface area contributed by atoms with Crippen LogP contribution >= 0.6 is 7.82 Å². The Labute approximate surface area is 293 Å². The third-order valence-electron chi connectivity index (χ3n) is 9.05. The monoisotopic (exact) mass is 701 g/mol. The van der Waals surface area contributed by atoms with Gasteiger partial charge < -0.3 is 20.0 Å². The van der Waals surface area contributed by atoms with E-state index in [0.717, 1.165) is 89.9 Å². The van der Waals surface area contributed by atoms with E-state index in [9.17, 15) is 23.9 Å². The summed E-state index contributed by atoms with van der Waals surface area (Å²) in [6.45, 7) is 0.154. The van der Waals surface area contributed by atoms with Gasteiger partial charge in [-0.3, -0.25) is 14.1 Å². The fraction of sp³-hybridized carbons (Fsp3) is 0.846. The number of aliphatic carboxylic acids is 2. The molecule has 0 aromatic heterocycles. The van der Waals surface area contributed by atoms with Crippen LogP contribution in [-0.4, -0.2) is 38.5 Å². The molecule has 1 atom stereocenters. The number of phosphoric acid groups is 1. The first-order chi connectivity index (χ1) is 23.2. The summed E-state index contributed by atoms with van der Waals surface area (Å²) >= 11 is 0. The first-order valence-electron chi connectivity index (χ1n) is 19.6. The van der Waals surface area contributed by atoms with Crippen molar-refractivity contribution in [2.24, 2.45) is 5.92 Å². The number of carbonyl (C=O) groups is 2. The van der Waals surface area contributed by atoms with Gasteiger partial charge in [0, 0.05) is 12.8 Å². The summed E-state index contributed by atoms with van der Waals surface area (Å²) in [5.41, 5.74) is 0. The first kappa shape index (κ1) is 46.5. The number of carboxylic acid groups (broad SMARTS) is 2. The lowest BCUT2D eigenvalue weighted by atomic mass is 9.94. The van der Waals surface area contributed by atoms with E-state index in [1.54, 1.807) is 0 Å². The lowest BCUT2D eigenvalue weighted by molar-refractivity contribution is -0.138. The zero-order chi connectivity index (χ0) is 35.4. The lowest BCUT2D eigenvalue weighted by Gasteiger charge is -2.17. The fourth-order valence-corrected chi connectivity index (χ4v) is 6.51. The smallest absolute Gasteiger partial charge is 0.469 e. The average Bonchev–Trinajstić information content (AvgIpc) is 3.03. The summed E-state index contributed by atoms with van der Waals surface area (Å²) in [6.07, 6.45) is 42.6. The Balaban J connectivity index is 3.72. The molecule has 9 heteroatoms. The van der Waals surface area contributed by atoms with E-state index in [1.165, 1.54) is 96.3 Å². The molecule has 0 aliphatic carbocycles. The molecular formula is C39H73O8P. The Morgan fingerprint density at radius 2 is 0.729 bits per heavy atom. The topological polar surface area (TPSA) is 141 Å². The normalized spacial score (nSPS) is 12.8. The predicted octanol–water partition coefficient (Wildman–Crippen LogP) is 12.1. The highest BCUT2D eigenvalue weighted by Gasteiger charge is 2.18. The van der Waals surface area contributed by atoms with Crippen LogP contribution in [0.2, 0.25) is 0 Å². The summed E-state index contributed by atoms with van der Waals surface area (Å²) in [6, 6.07) is 0. The highest BCUT2D eigenvalue weighted by atomic mass is 31.2. The molecule has 0 radical (unpaired) electrons. The van der Waals surface area contributed by atoms with Gasteiger partial charge in [0.15, 0.2) is 0 Å². The van der Waals surface area contributed by atoms with E-state index in [1.807, 2.05) is 0 Å². The maximum Gasteiger partial charge on any atom is 0.469 e. The predicted molar refractivity (Wildman–Crippen MR) is 198 cm³/mol. The molecule has 0 saturated heterocycles. The van der Waals surface area contributed by atoms with Crippen molar-refractivity contribution in [3.63, 3.8) is 0 Å². The third-order valence-corrected chi connectivity index (χ3v) is 9.54. The van der Waals surface area contributed by atoms with E-state index in [-0.39, 0.29) is 12.5 Å². The molecule has 282 valence electrons. The van der Waals surface area contributed by atoms with Crippen LogP contribution in [0.5, 0.6) is 0 Å².